The molecule has 10 heteroatoms. The molecule has 0 fully saturated rings. The molecule has 0 unspecified atom stereocenters. The second-order valence-corrected chi connectivity index (χ2v) is 7.73. The van der Waals surface area contributed by atoms with Crippen molar-refractivity contribution in [2.24, 2.45) is 0 Å². The molecule has 0 bridgehead atoms. The average molecular weight is 475 g/mol. The van der Waals surface area contributed by atoms with Crippen molar-refractivity contribution in [3.63, 3.8) is 0 Å². The molecule has 0 aliphatic heterocycles. The third-order valence-corrected chi connectivity index (χ3v) is 5.12. The highest BCUT2D eigenvalue weighted by Crippen LogP contribution is 2.35. The van der Waals surface area contributed by atoms with Crippen LogP contribution in [-0.2, 0) is 19.1 Å². The maximum absolute atomic E-state index is 12.4. The molecule has 32 heavy (non-hydrogen) atoms. The summed E-state index contributed by atoms with van der Waals surface area (Å²) in [6.45, 7) is 0. The summed E-state index contributed by atoms with van der Waals surface area (Å²) in [6, 6.07) is 14.7. The van der Waals surface area contributed by atoms with Gasteiger partial charge in [-0.1, -0.05) is 24.3 Å². The SMILES string of the molecule is O=C(CCCl)O[C@H](c1nc2ccccc2[nH]1)[C@@H](OC(=O)CCCl)c1nc2ccccc2[nH]1. The largest absolute Gasteiger partial charge is 0.450 e. The van der Waals surface area contributed by atoms with E-state index >= 15 is 0 Å². The number of carbonyl (C=O) groups is 2. The number of imidazole rings is 2. The summed E-state index contributed by atoms with van der Waals surface area (Å²) < 4.78 is 11.4. The van der Waals surface area contributed by atoms with Gasteiger partial charge in [0.1, 0.15) is 0 Å². The summed E-state index contributed by atoms with van der Waals surface area (Å²) in [5, 5.41) is 0. The van der Waals surface area contributed by atoms with E-state index < -0.39 is 24.1 Å². The van der Waals surface area contributed by atoms with E-state index in [2.05, 4.69) is 19.9 Å². The van der Waals surface area contributed by atoms with Crippen LogP contribution < -0.4 is 0 Å². The second-order valence-electron chi connectivity index (χ2n) is 6.98. The molecule has 8 nitrogen and oxygen atoms in total. The van der Waals surface area contributed by atoms with E-state index in [1.54, 1.807) is 0 Å². The predicted octanol–water partition coefficient (Wildman–Crippen LogP) is 4.57. The molecule has 2 heterocycles. The lowest BCUT2D eigenvalue weighted by Crippen LogP contribution is -2.25. The molecule has 2 aromatic carbocycles. The quantitative estimate of drug-likeness (QED) is 0.271. The third-order valence-electron chi connectivity index (χ3n) is 4.74. The van der Waals surface area contributed by atoms with Gasteiger partial charge in [-0.2, -0.15) is 0 Å². The Labute approximate surface area is 193 Å². The van der Waals surface area contributed by atoms with Crippen LogP contribution in [0.15, 0.2) is 48.5 Å². The Morgan fingerprint density at radius 2 is 1.16 bits per heavy atom. The molecular formula is C22H20Cl2N4O4. The predicted molar refractivity (Wildman–Crippen MR) is 121 cm³/mol. The maximum Gasteiger partial charge on any atom is 0.307 e. The van der Waals surface area contributed by atoms with Gasteiger partial charge in [0.25, 0.3) is 0 Å². The van der Waals surface area contributed by atoms with Crippen LogP contribution in [0.2, 0.25) is 0 Å². The van der Waals surface area contributed by atoms with E-state index in [9.17, 15) is 9.59 Å². The number of fused-ring (bicyclic) bond motifs is 2. The highest BCUT2D eigenvalue weighted by Gasteiger charge is 2.36. The lowest BCUT2D eigenvalue weighted by Gasteiger charge is -2.24. The summed E-state index contributed by atoms with van der Waals surface area (Å²) in [7, 11) is 0. The van der Waals surface area contributed by atoms with Crippen LogP contribution in [0.5, 0.6) is 0 Å². The highest BCUT2D eigenvalue weighted by atomic mass is 35.5. The van der Waals surface area contributed by atoms with Gasteiger partial charge in [0.2, 0.25) is 12.2 Å². The zero-order valence-corrected chi connectivity index (χ0v) is 18.4. The minimum absolute atomic E-state index is 0.0131. The fourth-order valence-electron chi connectivity index (χ4n) is 3.29. The van der Waals surface area contributed by atoms with Gasteiger partial charge in [-0.3, -0.25) is 9.59 Å². The normalized spacial score (nSPS) is 13.2. The van der Waals surface area contributed by atoms with Gasteiger partial charge >= 0.3 is 11.9 Å². The lowest BCUT2D eigenvalue weighted by molar-refractivity contribution is -0.170. The zero-order valence-electron chi connectivity index (χ0n) is 16.9. The van der Waals surface area contributed by atoms with E-state index in [4.69, 9.17) is 32.7 Å². The number of rotatable bonds is 9. The fourth-order valence-corrected chi connectivity index (χ4v) is 3.60. The molecule has 0 saturated carbocycles. The van der Waals surface area contributed by atoms with Gasteiger partial charge in [-0.25, -0.2) is 9.97 Å². The Bertz CT molecular complexity index is 1080. The van der Waals surface area contributed by atoms with Crippen molar-refractivity contribution in [2.75, 3.05) is 11.8 Å². The van der Waals surface area contributed by atoms with Crippen LogP contribution in [0.25, 0.3) is 22.1 Å². The van der Waals surface area contributed by atoms with Gasteiger partial charge in [0.05, 0.1) is 34.9 Å². The summed E-state index contributed by atoms with van der Waals surface area (Å²) in [4.78, 5) is 40.3. The molecule has 0 amide bonds. The first kappa shape index (κ1) is 22.1. The molecule has 2 atom stereocenters. The summed E-state index contributed by atoms with van der Waals surface area (Å²) in [6.07, 6.45) is -2.20. The number of nitrogens with one attached hydrogen (secondary N) is 2. The van der Waals surface area contributed by atoms with E-state index in [1.165, 1.54) is 0 Å². The number of ether oxygens (including phenoxy) is 2. The molecule has 166 valence electrons. The number of halogens is 2. The molecule has 0 saturated heterocycles. The first-order chi connectivity index (χ1) is 15.6. The molecular weight excluding hydrogens is 455 g/mol. The smallest absolute Gasteiger partial charge is 0.307 e. The van der Waals surface area contributed by atoms with Gasteiger partial charge < -0.3 is 19.4 Å². The number of carbonyl (C=O) groups excluding carboxylic acids is 2. The van der Waals surface area contributed by atoms with Crippen LogP contribution in [0.4, 0.5) is 0 Å². The molecule has 4 rings (SSSR count). The second kappa shape index (κ2) is 10.0. The molecule has 0 aliphatic carbocycles. The number of hydrogen-bond donors (Lipinski definition) is 2. The summed E-state index contributed by atoms with van der Waals surface area (Å²) in [5.41, 5.74) is 2.85. The Balaban J connectivity index is 1.80. The summed E-state index contributed by atoms with van der Waals surface area (Å²) in [5.74, 6) is -0.295. The molecule has 0 spiro atoms. The van der Waals surface area contributed by atoms with Crippen molar-refractivity contribution in [2.45, 2.75) is 25.0 Å². The van der Waals surface area contributed by atoms with Crippen molar-refractivity contribution < 1.29 is 19.1 Å². The number of aromatic amines is 2. The first-order valence-corrected chi connectivity index (χ1v) is 11.1. The number of H-pyrrole nitrogens is 2. The first-order valence-electron chi connectivity index (χ1n) is 9.99. The van der Waals surface area contributed by atoms with Crippen LogP contribution in [0.3, 0.4) is 0 Å². The zero-order chi connectivity index (χ0) is 22.5. The lowest BCUT2D eigenvalue weighted by atomic mass is 10.1. The van der Waals surface area contributed by atoms with Crippen molar-refractivity contribution >= 4 is 57.2 Å². The van der Waals surface area contributed by atoms with Gasteiger partial charge in [0.15, 0.2) is 11.6 Å². The van der Waals surface area contributed by atoms with E-state index in [1.807, 2.05) is 48.5 Å². The van der Waals surface area contributed by atoms with Crippen molar-refractivity contribution in [1.29, 1.82) is 0 Å². The van der Waals surface area contributed by atoms with E-state index in [0.717, 1.165) is 11.0 Å². The van der Waals surface area contributed by atoms with E-state index in [-0.39, 0.29) is 24.6 Å². The number of esters is 2. The molecule has 0 radical (unpaired) electrons. The fraction of sp³-hybridized carbons (Fsp3) is 0.273. The van der Waals surface area contributed by atoms with Crippen LogP contribution in [0.1, 0.15) is 36.7 Å². The Kier molecular flexibility index (Phi) is 6.92. The number of benzene rings is 2. The number of para-hydroxylation sites is 4. The number of aromatic nitrogens is 4. The maximum atomic E-state index is 12.4. The molecule has 4 aromatic rings. The minimum Gasteiger partial charge on any atom is -0.450 e. The Morgan fingerprint density at radius 3 is 1.53 bits per heavy atom. The van der Waals surface area contributed by atoms with Gasteiger partial charge in [-0.05, 0) is 24.3 Å². The van der Waals surface area contributed by atoms with Crippen LogP contribution >= 0.6 is 23.2 Å². The van der Waals surface area contributed by atoms with Gasteiger partial charge in [0, 0.05) is 11.8 Å². The summed E-state index contributed by atoms with van der Waals surface area (Å²) >= 11 is 11.4. The van der Waals surface area contributed by atoms with Gasteiger partial charge in [-0.15, -0.1) is 23.2 Å². The minimum atomic E-state index is -1.09. The highest BCUT2D eigenvalue weighted by molar-refractivity contribution is 6.19. The molecule has 2 N–H and O–H groups in total. The van der Waals surface area contributed by atoms with Crippen molar-refractivity contribution in [3.05, 3.63) is 60.2 Å². The van der Waals surface area contributed by atoms with Crippen molar-refractivity contribution in [3.8, 4) is 0 Å². The van der Waals surface area contributed by atoms with Crippen LogP contribution in [0, 0.1) is 0 Å². The topological polar surface area (TPSA) is 110 Å². The van der Waals surface area contributed by atoms with Crippen LogP contribution in [-0.4, -0.2) is 43.6 Å². The number of nitrogens with zero attached hydrogens (tertiary/aromatic N) is 2. The average Bonchev–Trinajstić information content (AvgIpc) is 3.40. The standard InChI is InChI=1S/C22H20Cl2N4O4/c23-11-9-17(29)31-19(21-25-13-5-1-2-6-14(13)26-21)20(32-18(30)10-12-24)22-27-15-7-3-4-8-16(15)28-22/h1-8,19-20H,9-12H2,(H,25,26)(H,27,28)/t19-,20+. The van der Waals surface area contributed by atoms with Crippen molar-refractivity contribution in [1.82, 2.24) is 19.9 Å². The number of hydrogen-bond acceptors (Lipinski definition) is 6. The molecule has 2 aromatic heterocycles. The van der Waals surface area contributed by atoms with E-state index in [0.29, 0.717) is 22.7 Å². The number of alkyl halides is 2. The molecule has 0 aliphatic rings. The Morgan fingerprint density at radius 1 is 0.750 bits per heavy atom. The Hall–Kier alpha value is -3.10. The third kappa shape index (κ3) is 4.87. The monoisotopic (exact) mass is 474 g/mol.